The highest BCUT2D eigenvalue weighted by Crippen LogP contribution is 2.33. The molecule has 0 fully saturated rings. The lowest BCUT2D eigenvalue weighted by molar-refractivity contribution is -0.137. The molecular weight excluding hydrogens is 487 g/mol. The van der Waals surface area contributed by atoms with E-state index in [4.69, 9.17) is 10.5 Å². The van der Waals surface area contributed by atoms with E-state index in [-0.39, 0.29) is 33.8 Å². The fraction of sp³-hybridized carbons (Fsp3) is 0.0769. The van der Waals surface area contributed by atoms with E-state index < -0.39 is 23.6 Å². The Bertz CT molecular complexity index is 1690. The molecule has 0 aliphatic heterocycles. The zero-order chi connectivity index (χ0) is 26.3. The summed E-state index contributed by atoms with van der Waals surface area (Å²) in [7, 11) is 1.22. The molecule has 0 aliphatic rings. The Morgan fingerprint density at radius 2 is 1.65 bits per heavy atom. The maximum Gasteiger partial charge on any atom is 0.416 e. The van der Waals surface area contributed by atoms with Crippen molar-refractivity contribution in [3.63, 3.8) is 0 Å². The van der Waals surface area contributed by atoms with Gasteiger partial charge in [-0.1, -0.05) is 24.3 Å². The Kier molecular flexibility index (Phi) is 5.75. The number of para-hydroxylation sites is 2. The van der Waals surface area contributed by atoms with Crippen LogP contribution in [0.2, 0.25) is 0 Å². The quantitative estimate of drug-likeness (QED) is 0.324. The van der Waals surface area contributed by atoms with E-state index in [1.54, 1.807) is 36.4 Å². The lowest BCUT2D eigenvalue weighted by Gasteiger charge is -2.12. The van der Waals surface area contributed by atoms with Crippen LogP contribution in [0.3, 0.4) is 0 Å². The number of halogens is 3. The van der Waals surface area contributed by atoms with Crippen LogP contribution in [0.1, 0.15) is 26.3 Å². The van der Waals surface area contributed by atoms with Crippen LogP contribution >= 0.6 is 0 Å². The highest BCUT2D eigenvalue weighted by atomic mass is 19.4. The number of hydrogen-bond donors (Lipinski definition) is 2. The van der Waals surface area contributed by atoms with E-state index in [2.05, 4.69) is 15.3 Å². The molecule has 0 spiro atoms. The Balaban J connectivity index is 1.60. The van der Waals surface area contributed by atoms with Crippen molar-refractivity contribution in [2.45, 2.75) is 6.18 Å². The average Bonchev–Trinajstić information content (AvgIpc) is 3.17. The van der Waals surface area contributed by atoms with Gasteiger partial charge in [-0.05, 0) is 48.5 Å². The molecule has 186 valence electrons. The number of anilines is 2. The first-order valence-electron chi connectivity index (χ1n) is 10.9. The number of nitrogens with one attached hydrogen (secondary N) is 1. The molecule has 2 heterocycles. The summed E-state index contributed by atoms with van der Waals surface area (Å²) >= 11 is 0. The summed E-state index contributed by atoms with van der Waals surface area (Å²) in [6.45, 7) is 0. The van der Waals surface area contributed by atoms with Gasteiger partial charge in [0.15, 0.2) is 5.65 Å². The van der Waals surface area contributed by atoms with Crippen molar-refractivity contribution in [3.05, 3.63) is 89.5 Å². The van der Waals surface area contributed by atoms with Crippen molar-refractivity contribution < 1.29 is 27.5 Å². The SMILES string of the molecule is COC(=O)c1c(N)n(-c2cccc(C(=O)Nc3cccc(C(F)(F)F)c3)c2)c2nc3ccccc3nc12. The van der Waals surface area contributed by atoms with E-state index in [9.17, 15) is 22.8 Å². The summed E-state index contributed by atoms with van der Waals surface area (Å²) in [6, 6.07) is 17.6. The van der Waals surface area contributed by atoms with Crippen LogP contribution in [-0.4, -0.2) is 33.5 Å². The second-order valence-electron chi connectivity index (χ2n) is 8.05. The number of ether oxygens (including phenoxy) is 1. The largest absolute Gasteiger partial charge is 0.465 e. The first kappa shape index (κ1) is 23.8. The Morgan fingerprint density at radius 1 is 0.946 bits per heavy atom. The molecule has 2 aromatic heterocycles. The molecule has 0 unspecified atom stereocenters. The summed E-state index contributed by atoms with van der Waals surface area (Å²) in [5, 5.41) is 2.48. The maximum atomic E-state index is 13.0. The fourth-order valence-corrected chi connectivity index (χ4v) is 3.99. The Morgan fingerprint density at radius 3 is 2.35 bits per heavy atom. The highest BCUT2D eigenvalue weighted by Gasteiger charge is 2.30. The summed E-state index contributed by atoms with van der Waals surface area (Å²) in [5.41, 5.74) is 7.63. The maximum absolute atomic E-state index is 13.0. The predicted molar refractivity (Wildman–Crippen MR) is 132 cm³/mol. The third-order valence-corrected chi connectivity index (χ3v) is 5.70. The first-order valence-corrected chi connectivity index (χ1v) is 10.9. The molecule has 0 saturated heterocycles. The number of rotatable bonds is 4. The highest BCUT2D eigenvalue weighted by molar-refractivity contribution is 6.09. The number of fused-ring (bicyclic) bond motifs is 2. The van der Waals surface area contributed by atoms with Crippen molar-refractivity contribution in [2.24, 2.45) is 0 Å². The summed E-state index contributed by atoms with van der Waals surface area (Å²) < 4.78 is 45.5. The van der Waals surface area contributed by atoms with Gasteiger partial charge in [-0.2, -0.15) is 13.2 Å². The summed E-state index contributed by atoms with van der Waals surface area (Å²) in [5.74, 6) is -1.34. The van der Waals surface area contributed by atoms with Crippen LogP contribution in [0.4, 0.5) is 24.7 Å². The molecular formula is C26H18F3N5O3. The van der Waals surface area contributed by atoms with Crippen LogP contribution < -0.4 is 11.1 Å². The molecule has 3 N–H and O–H groups in total. The standard InChI is InChI=1S/C26H18F3N5O3/c1-37-25(36)20-21-23(33-19-11-3-2-10-18(19)32-21)34(22(20)30)17-9-4-6-14(12-17)24(35)31-16-8-5-7-15(13-16)26(27,28)29/h2-13H,30H2,1H3,(H,31,35). The lowest BCUT2D eigenvalue weighted by Crippen LogP contribution is -2.14. The number of esters is 1. The number of nitrogens with zero attached hydrogens (tertiary/aromatic N) is 3. The molecule has 0 radical (unpaired) electrons. The number of hydrogen-bond acceptors (Lipinski definition) is 6. The smallest absolute Gasteiger partial charge is 0.416 e. The molecule has 0 bridgehead atoms. The molecule has 1 amide bonds. The number of amides is 1. The number of nitrogens with two attached hydrogens (primary N) is 1. The van der Waals surface area contributed by atoms with Crippen LogP contribution in [0.15, 0.2) is 72.8 Å². The third kappa shape index (κ3) is 4.31. The normalized spacial score (nSPS) is 11.6. The molecule has 0 aliphatic carbocycles. The van der Waals surface area contributed by atoms with Gasteiger partial charge < -0.3 is 15.8 Å². The second kappa shape index (κ2) is 8.94. The van der Waals surface area contributed by atoms with Gasteiger partial charge in [0.2, 0.25) is 0 Å². The number of carbonyl (C=O) groups is 2. The average molecular weight is 505 g/mol. The summed E-state index contributed by atoms with van der Waals surface area (Å²) in [6.07, 6.45) is -4.55. The second-order valence-corrected chi connectivity index (χ2v) is 8.05. The molecule has 5 aromatic rings. The predicted octanol–water partition coefficient (Wildman–Crippen LogP) is 5.21. The molecule has 8 nitrogen and oxygen atoms in total. The Labute approximate surface area is 207 Å². The topological polar surface area (TPSA) is 112 Å². The third-order valence-electron chi connectivity index (χ3n) is 5.70. The number of carbonyl (C=O) groups excluding carboxylic acids is 2. The monoisotopic (exact) mass is 505 g/mol. The van der Waals surface area contributed by atoms with E-state index in [0.29, 0.717) is 16.7 Å². The van der Waals surface area contributed by atoms with E-state index in [1.807, 2.05) is 0 Å². The minimum atomic E-state index is -4.55. The fourth-order valence-electron chi connectivity index (χ4n) is 3.99. The van der Waals surface area contributed by atoms with E-state index in [0.717, 1.165) is 12.1 Å². The minimum absolute atomic E-state index is 0.00703. The zero-order valence-corrected chi connectivity index (χ0v) is 19.2. The Hall–Kier alpha value is -4.93. The van der Waals surface area contributed by atoms with Crippen LogP contribution in [0.25, 0.3) is 27.9 Å². The van der Waals surface area contributed by atoms with Crippen molar-refractivity contribution in [1.29, 1.82) is 0 Å². The molecule has 5 rings (SSSR count). The number of benzene rings is 3. The van der Waals surface area contributed by atoms with Crippen molar-refractivity contribution in [1.82, 2.24) is 14.5 Å². The van der Waals surface area contributed by atoms with Gasteiger partial charge in [0.1, 0.15) is 16.9 Å². The number of aromatic nitrogens is 3. The number of methoxy groups -OCH3 is 1. The van der Waals surface area contributed by atoms with Crippen LogP contribution in [0, 0.1) is 0 Å². The molecule has 11 heteroatoms. The molecule has 0 saturated carbocycles. The minimum Gasteiger partial charge on any atom is -0.465 e. The van der Waals surface area contributed by atoms with Crippen LogP contribution in [0.5, 0.6) is 0 Å². The van der Waals surface area contributed by atoms with Crippen molar-refractivity contribution in [3.8, 4) is 5.69 Å². The van der Waals surface area contributed by atoms with Gasteiger partial charge in [-0.3, -0.25) is 9.36 Å². The lowest BCUT2D eigenvalue weighted by atomic mass is 10.1. The number of alkyl halides is 3. The molecule has 37 heavy (non-hydrogen) atoms. The van der Waals surface area contributed by atoms with Crippen LogP contribution in [-0.2, 0) is 10.9 Å². The number of nitrogen functional groups attached to an aromatic ring is 1. The van der Waals surface area contributed by atoms with Gasteiger partial charge in [-0.25, -0.2) is 14.8 Å². The van der Waals surface area contributed by atoms with E-state index >= 15 is 0 Å². The summed E-state index contributed by atoms with van der Waals surface area (Å²) in [4.78, 5) is 34.7. The molecule has 3 aromatic carbocycles. The molecule has 0 atom stereocenters. The first-order chi connectivity index (χ1) is 17.7. The zero-order valence-electron chi connectivity index (χ0n) is 19.2. The van der Waals surface area contributed by atoms with Gasteiger partial charge in [-0.15, -0.1) is 0 Å². The van der Waals surface area contributed by atoms with Crippen molar-refractivity contribution >= 4 is 45.6 Å². The van der Waals surface area contributed by atoms with Gasteiger partial charge in [0.25, 0.3) is 5.91 Å². The van der Waals surface area contributed by atoms with Gasteiger partial charge in [0.05, 0.1) is 23.7 Å². The van der Waals surface area contributed by atoms with E-state index in [1.165, 1.54) is 35.9 Å². The van der Waals surface area contributed by atoms with Gasteiger partial charge in [0, 0.05) is 16.9 Å². The van der Waals surface area contributed by atoms with Gasteiger partial charge >= 0.3 is 12.1 Å². The van der Waals surface area contributed by atoms with Crippen molar-refractivity contribution in [2.75, 3.05) is 18.2 Å².